The molecule has 1 aliphatic rings. The zero-order valence-electron chi connectivity index (χ0n) is 28.0. The van der Waals surface area contributed by atoms with Crippen molar-refractivity contribution in [2.75, 3.05) is 4.90 Å². The van der Waals surface area contributed by atoms with Crippen LogP contribution >= 0.6 is 0 Å². The van der Waals surface area contributed by atoms with E-state index in [0.717, 1.165) is 5.69 Å². The number of para-hydroxylation sites is 3. The first-order valence-corrected chi connectivity index (χ1v) is 17.6. The van der Waals surface area contributed by atoms with Gasteiger partial charge in [0.15, 0.2) is 0 Å². The van der Waals surface area contributed by atoms with E-state index in [1.54, 1.807) is 0 Å². The molecule has 1 atom stereocenters. The molecule has 8 aromatic carbocycles. The van der Waals surface area contributed by atoms with E-state index >= 15 is 0 Å². The van der Waals surface area contributed by atoms with Gasteiger partial charge < -0.3 is 9.47 Å². The SMILES string of the molecule is C1=C(c2ccc(-c3ccc(-n4c5ccccc5c5ccccc54)cc3)c3ccccc23)N(c2ccccc2)C1c1cccc(-c2ccccc2)c1. The Balaban J connectivity index is 1.05. The number of hydrogen-bond acceptors (Lipinski definition) is 1. The Morgan fingerprint density at radius 1 is 0.353 bits per heavy atom. The van der Waals surface area contributed by atoms with Gasteiger partial charge in [0.1, 0.15) is 0 Å². The second-order valence-corrected chi connectivity index (χ2v) is 13.3. The average molecular weight is 651 g/mol. The van der Waals surface area contributed by atoms with Crippen LogP contribution in [-0.2, 0) is 0 Å². The van der Waals surface area contributed by atoms with E-state index in [1.807, 2.05) is 0 Å². The fourth-order valence-corrected chi connectivity index (χ4v) is 8.02. The summed E-state index contributed by atoms with van der Waals surface area (Å²) in [7, 11) is 0. The second-order valence-electron chi connectivity index (χ2n) is 13.3. The van der Waals surface area contributed by atoms with Gasteiger partial charge in [0.05, 0.1) is 17.1 Å². The number of hydrogen-bond donors (Lipinski definition) is 0. The summed E-state index contributed by atoms with van der Waals surface area (Å²) in [5.41, 5.74) is 13.5. The van der Waals surface area contributed by atoms with Crippen molar-refractivity contribution in [2.45, 2.75) is 6.04 Å². The first-order valence-electron chi connectivity index (χ1n) is 17.6. The smallest absolute Gasteiger partial charge is 0.0799 e. The van der Waals surface area contributed by atoms with Crippen LogP contribution in [0.4, 0.5) is 5.69 Å². The molecule has 240 valence electrons. The molecule has 0 saturated heterocycles. The summed E-state index contributed by atoms with van der Waals surface area (Å²) >= 11 is 0. The number of rotatable bonds is 6. The van der Waals surface area contributed by atoms with Crippen molar-refractivity contribution in [2.24, 2.45) is 0 Å². The van der Waals surface area contributed by atoms with E-state index in [9.17, 15) is 0 Å². The zero-order chi connectivity index (χ0) is 33.7. The number of aromatic nitrogens is 1. The third-order valence-electron chi connectivity index (χ3n) is 10.4. The molecule has 2 heterocycles. The van der Waals surface area contributed by atoms with Crippen LogP contribution in [0.5, 0.6) is 0 Å². The minimum Gasteiger partial charge on any atom is -0.330 e. The average Bonchev–Trinajstić information content (AvgIpc) is 3.53. The summed E-state index contributed by atoms with van der Waals surface area (Å²) in [4.78, 5) is 2.49. The van der Waals surface area contributed by atoms with Crippen molar-refractivity contribution < 1.29 is 0 Å². The van der Waals surface area contributed by atoms with Crippen molar-refractivity contribution in [3.8, 4) is 27.9 Å². The van der Waals surface area contributed by atoms with Crippen LogP contribution in [0.1, 0.15) is 17.2 Å². The molecule has 0 bridgehead atoms. The molecular formula is C49H34N2. The minimum absolute atomic E-state index is 0.137. The molecule has 0 amide bonds. The van der Waals surface area contributed by atoms with E-state index in [4.69, 9.17) is 0 Å². The first kappa shape index (κ1) is 29.3. The van der Waals surface area contributed by atoms with Crippen LogP contribution in [0.15, 0.2) is 200 Å². The molecule has 0 aliphatic carbocycles. The number of fused-ring (bicyclic) bond motifs is 4. The molecule has 0 radical (unpaired) electrons. The van der Waals surface area contributed by atoms with Gasteiger partial charge in [-0.05, 0) is 87.1 Å². The summed E-state index contributed by atoms with van der Waals surface area (Å²) in [5, 5.41) is 5.06. The lowest BCUT2D eigenvalue weighted by Crippen LogP contribution is -2.34. The molecule has 1 aliphatic heterocycles. The fraction of sp³-hybridized carbons (Fsp3) is 0.0204. The molecule has 1 unspecified atom stereocenters. The van der Waals surface area contributed by atoms with Crippen LogP contribution in [0.2, 0.25) is 0 Å². The maximum absolute atomic E-state index is 2.49. The molecule has 1 aromatic heterocycles. The Kier molecular flexibility index (Phi) is 6.92. The molecule has 0 N–H and O–H groups in total. The number of anilines is 1. The molecule has 0 fully saturated rings. The maximum Gasteiger partial charge on any atom is 0.0799 e. The quantitative estimate of drug-likeness (QED) is 0.174. The number of nitrogens with zero attached hydrogens (tertiary/aromatic N) is 2. The monoisotopic (exact) mass is 650 g/mol. The topological polar surface area (TPSA) is 8.17 Å². The van der Waals surface area contributed by atoms with Gasteiger partial charge >= 0.3 is 0 Å². The number of benzene rings is 8. The van der Waals surface area contributed by atoms with Gasteiger partial charge in [-0.3, -0.25) is 0 Å². The Morgan fingerprint density at radius 3 is 1.59 bits per heavy atom. The minimum atomic E-state index is 0.137. The van der Waals surface area contributed by atoms with Crippen molar-refractivity contribution in [3.63, 3.8) is 0 Å². The molecule has 51 heavy (non-hydrogen) atoms. The van der Waals surface area contributed by atoms with Crippen LogP contribution in [0.25, 0.3) is 66.2 Å². The molecular weight excluding hydrogens is 617 g/mol. The lowest BCUT2D eigenvalue weighted by atomic mass is 9.87. The Hall–Kier alpha value is -6.64. The van der Waals surface area contributed by atoms with E-state index in [0.29, 0.717) is 0 Å². The van der Waals surface area contributed by atoms with Gasteiger partial charge in [0, 0.05) is 33.4 Å². The van der Waals surface area contributed by atoms with Crippen molar-refractivity contribution in [1.29, 1.82) is 0 Å². The van der Waals surface area contributed by atoms with Gasteiger partial charge in [-0.1, -0.05) is 152 Å². The van der Waals surface area contributed by atoms with Gasteiger partial charge in [-0.25, -0.2) is 0 Å². The summed E-state index contributed by atoms with van der Waals surface area (Å²) in [6.07, 6.45) is 2.43. The fourth-order valence-electron chi connectivity index (χ4n) is 8.02. The van der Waals surface area contributed by atoms with Crippen LogP contribution in [0, 0.1) is 0 Å². The van der Waals surface area contributed by atoms with Crippen molar-refractivity contribution in [1.82, 2.24) is 4.57 Å². The van der Waals surface area contributed by atoms with Gasteiger partial charge in [0.2, 0.25) is 0 Å². The highest BCUT2D eigenvalue weighted by molar-refractivity contribution is 6.09. The molecule has 0 spiro atoms. The van der Waals surface area contributed by atoms with Crippen molar-refractivity contribution in [3.05, 3.63) is 211 Å². The standard InChI is InChI=1S/C49H34N2/c1-3-14-34(15-4-1)36-16-13-17-37(32-36)48-33-49(51(48)38-18-5-2-6-19-38)45-31-30-40(41-20-7-8-21-42(41)45)35-26-28-39(29-27-35)50-46-24-11-9-22-43(46)44-23-10-12-25-47(44)50/h1-33,48H. The Bertz CT molecular complexity index is 2680. The van der Waals surface area contributed by atoms with E-state index in [-0.39, 0.29) is 6.04 Å². The van der Waals surface area contributed by atoms with E-state index in [2.05, 4.69) is 210 Å². The summed E-state index contributed by atoms with van der Waals surface area (Å²) in [6, 6.07) is 70.5. The predicted molar refractivity (Wildman–Crippen MR) is 215 cm³/mol. The Morgan fingerprint density at radius 2 is 0.902 bits per heavy atom. The molecule has 0 saturated carbocycles. The highest BCUT2D eigenvalue weighted by Crippen LogP contribution is 2.47. The molecule has 9 aromatic rings. The highest BCUT2D eigenvalue weighted by atomic mass is 15.2. The van der Waals surface area contributed by atoms with Gasteiger partial charge in [-0.15, -0.1) is 0 Å². The molecule has 2 nitrogen and oxygen atoms in total. The van der Waals surface area contributed by atoms with Crippen LogP contribution < -0.4 is 4.90 Å². The van der Waals surface area contributed by atoms with Crippen LogP contribution in [-0.4, -0.2) is 4.57 Å². The van der Waals surface area contributed by atoms with Crippen molar-refractivity contribution >= 4 is 44.0 Å². The first-order chi connectivity index (χ1) is 25.3. The second kappa shape index (κ2) is 12.0. The molecule has 10 rings (SSSR count). The Labute approximate surface area is 297 Å². The maximum atomic E-state index is 2.49. The lowest BCUT2D eigenvalue weighted by Gasteiger charge is -2.43. The van der Waals surface area contributed by atoms with Gasteiger partial charge in [-0.2, -0.15) is 0 Å². The van der Waals surface area contributed by atoms with Crippen LogP contribution in [0.3, 0.4) is 0 Å². The van der Waals surface area contributed by atoms with Gasteiger partial charge in [0.25, 0.3) is 0 Å². The largest absolute Gasteiger partial charge is 0.330 e. The predicted octanol–water partition coefficient (Wildman–Crippen LogP) is 12.9. The summed E-state index contributed by atoms with van der Waals surface area (Å²) < 4.78 is 2.38. The summed E-state index contributed by atoms with van der Waals surface area (Å²) in [6.45, 7) is 0. The normalized spacial score (nSPS) is 14.2. The highest BCUT2D eigenvalue weighted by Gasteiger charge is 2.33. The summed E-state index contributed by atoms with van der Waals surface area (Å²) in [5.74, 6) is 0. The lowest BCUT2D eigenvalue weighted by molar-refractivity contribution is 0.800. The molecule has 2 heteroatoms. The van der Waals surface area contributed by atoms with E-state index < -0.39 is 0 Å². The third kappa shape index (κ3) is 4.87. The van der Waals surface area contributed by atoms with E-state index in [1.165, 1.54) is 77.3 Å². The third-order valence-corrected chi connectivity index (χ3v) is 10.4. The zero-order valence-corrected chi connectivity index (χ0v) is 28.0.